The van der Waals surface area contributed by atoms with Crippen LogP contribution in [-0.4, -0.2) is 6.54 Å². The van der Waals surface area contributed by atoms with E-state index in [0.717, 1.165) is 17.5 Å². The van der Waals surface area contributed by atoms with Gasteiger partial charge in [0.2, 0.25) is 0 Å². The number of benzene rings is 2. The van der Waals surface area contributed by atoms with Gasteiger partial charge in [-0.1, -0.05) is 30.7 Å². The molecule has 0 radical (unpaired) electrons. The molecule has 2 aromatic carbocycles. The fraction of sp³-hybridized carbons (Fsp3) is 0.294. The van der Waals surface area contributed by atoms with Gasteiger partial charge in [-0.2, -0.15) is 0 Å². The third-order valence-corrected chi connectivity index (χ3v) is 3.50. The van der Waals surface area contributed by atoms with Gasteiger partial charge < -0.3 is 5.32 Å². The van der Waals surface area contributed by atoms with Crippen LogP contribution in [0.1, 0.15) is 36.1 Å². The van der Waals surface area contributed by atoms with Crippen LogP contribution in [0, 0.1) is 18.6 Å². The summed E-state index contributed by atoms with van der Waals surface area (Å²) in [6.45, 7) is 4.57. The van der Waals surface area contributed by atoms with Gasteiger partial charge in [0, 0.05) is 10.6 Å². The maximum atomic E-state index is 14.1. The van der Waals surface area contributed by atoms with Gasteiger partial charge in [-0.25, -0.2) is 8.78 Å². The van der Waals surface area contributed by atoms with Crippen molar-refractivity contribution in [3.05, 3.63) is 69.7 Å². The van der Waals surface area contributed by atoms with E-state index in [4.69, 9.17) is 11.6 Å². The number of halogens is 3. The van der Waals surface area contributed by atoms with Gasteiger partial charge in [-0.05, 0) is 55.3 Å². The smallest absolute Gasteiger partial charge is 0.131 e. The molecule has 4 heteroatoms. The molecule has 0 saturated carbocycles. The summed E-state index contributed by atoms with van der Waals surface area (Å²) < 4.78 is 28.2. The second-order valence-corrected chi connectivity index (χ2v) is 5.52. The highest BCUT2D eigenvalue weighted by atomic mass is 35.5. The number of nitrogens with one attached hydrogen (secondary N) is 1. The highest BCUT2D eigenvalue weighted by Crippen LogP contribution is 2.29. The van der Waals surface area contributed by atoms with E-state index in [1.165, 1.54) is 18.2 Å². The van der Waals surface area contributed by atoms with Crippen LogP contribution in [-0.2, 0) is 0 Å². The molecule has 21 heavy (non-hydrogen) atoms. The SMILES string of the molecule is CCCNC(c1cc(C)cc(Cl)c1)c1c(F)cccc1F. The lowest BCUT2D eigenvalue weighted by atomic mass is 9.96. The summed E-state index contributed by atoms with van der Waals surface area (Å²) >= 11 is 6.08. The third-order valence-electron chi connectivity index (χ3n) is 3.28. The van der Waals surface area contributed by atoms with E-state index in [1.807, 2.05) is 26.0 Å². The topological polar surface area (TPSA) is 12.0 Å². The summed E-state index contributed by atoms with van der Waals surface area (Å²) in [6, 6.07) is 8.82. The first-order valence-electron chi connectivity index (χ1n) is 6.97. The molecule has 0 heterocycles. The normalized spacial score (nSPS) is 12.4. The standard InChI is InChI=1S/C17H18ClF2N/c1-3-7-21-17(12-8-11(2)9-13(18)10-12)16-14(19)5-4-6-15(16)20/h4-6,8-10,17,21H,3,7H2,1-2H3. The zero-order chi connectivity index (χ0) is 15.4. The molecule has 1 atom stereocenters. The van der Waals surface area contributed by atoms with Gasteiger partial charge in [0.05, 0.1) is 6.04 Å². The fourth-order valence-corrected chi connectivity index (χ4v) is 2.69. The van der Waals surface area contributed by atoms with Crippen LogP contribution in [0.2, 0.25) is 5.02 Å². The average molecular weight is 310 g/mol. The first-order valence-corrected chi connectivity index (χ1v) is 7.35. The van der Waals surface area contributed by atoms with Crippen LogP contribution in [0.3, 0.4) is 0 Å². The van der Waals surface area contributed by atoms with E-state index in [1.54, 1.807) is 6.07 Å². The largest absolute Gasteiger partial charge is 0.306 e. The van der Waals surface area contributed by atoms with E-state index < -0.39 is 17.7 Å². The van der Waals surface area contributed by atoms with Crippen LogP contribution in [0.4, 0.5) is 8.78 Å². The molecule has 0 bridgehead atoms. The van der Waals surface area contributed by atoms with E-state index in [-0.39, 0.29) is 5.56 Å². The number of aryl methyl sites for hydroxylation is 1. The Hall–Kier alpha value is -1.45. The Bertz CT molecular complexity index is 588. The molecule has 0 spiro atoms. The van der Waals surface area contributed by atoms with E-state index in [9.17, 15) is 8.78 Å². The van der Waals surface area contributed by atoms with Gasteiger partial charge in [-0.3, -0.25) is 0 Å². The molecule has 1 nitrogen and oxygen atoms in total. The van der Waals surface area contributed by atoms with Crippen molar-refractivity contribution >= 4 is 11.6 Å². The maximum absolute atomic E-state index is 14.1. The Kier molecular flexibility index (Phi) is 5.32. The number of hydrogen-bond donors (Lipinski definition) is 1. The average Bonchev–Trinajstić information content (AvgIpc) is 2.41. The Morgan fingerprint density at radius 2 is 1.81 bits per heavy atom. The highest BCUT2D eigenvalue weighted by molar-refractivity contribution is 6.30. The molecule has 0 amide bonds. The molecule has 2 aromatic rings. The van der Waals surface area contributed by atoms with Gasteiger partial charge in [0.15, 0.2) is 0 Å². The van der Waals surface area contributed by atoms with Crippen molar-refractivity contribution in [1.82, 2.24) is 5.32 Å². The van der Waals surface area contributed by atoms with Crippen LogP contribution in [0.25, 0.3) is 0 Å². The first kappa shape index (κ1) is 15.9. The minimum absolute atomic E-state index is 0.0348. The lowest BCUT2D eigenvalue weighted by molar-refractivity contribution is 0.503. The maximum Gasteiger partial charge on any atom is 0.131 e. The third kappa shape index (κ3) is 3.80. The molecule has 0 fully saturated rings. The summed E-state index contributed by atoms with van der Waals surface area (Å²) in [7, 11) is 0. The highest BCUT2D eigenvalue weighted by Gasteiger charge is 2.21. The van der Waals surface area contributed by atoms with Gasteiger partial charge >= 0.3 is 0 Å². The Morgan fingerprint density at radius 1 is 1.14 bits per heavy atom. The zero-order valence-electron chi connectivity index (χ0n) is 12.1. The van der Waals surface area contributed by atoms with Gasteiger partial charge in [-0.15, -0.1) is 0 Å². The monoisotopic (exact) mass is 309 g/mol. The summed E-state index contributed by atoms with van der Waals surface area (Å²) in [4.78, 5) is 0. The Labute approximate surface area is 128 Å². The zero-order valence-corrected chi connectivity index (χ0v) is 12.8. The second-order valence-electron chi connectivity index (χ2n) is 5.08. The summed E-state index contributed by atoms with van der Waals surface area (Å²) in [5.41, 5.74) is 1.75. The molecular weight excluding hydrogens is 292 g/mol. The second kappa shape index (κ2) is 7.01. The van der Waals surface area contributed by atoms with Gasteiger partial charge in [0.1, 0.15) is 11.6 Å². The first-order chi connectivity index (χ1) is 10.0. The molecule has 2 rings (SSSR count). The van der Waals surface area contributed by atoms with Crippen molar-refractivity contribution in [3.63, 3.8) is 0 Å². The molecule has 112 valence electrons. The molecule has 0 saturated heterocycles. The van der Waals surface area contributed by atoms with E-state index in [0.29, 0.717) is 11.6 Å². The van der Waals surface area contributed by atoms with E-state index in [2.05, 4.69) is 5.32 Å². The van der Waals surface area contributed by atoms with Crippen LogP contribution in [0.15, 0.2) is 36.4 Å². The molecule has 0 aromatic heterocycles. The molecular formula is C17H18ClF2N. The molecule has 1 unspecified atom stereocenters. The summed E-state index contributed by atoms with van der Waals surface area (Å²) in [5, 5.41) is 3.76. The van der Waals surface area contributed by atoms with Crippen LogP contribution >= 0.6 is 11.6 Å². The van der Waals surface area contributed by atoms with E-state index >= 15 is 0 Å². The molecule has 0 aliphatic heterocycles. The predicted octanol–water partition coefficient (Wildman–Crippen LogP) is 5.02. The van der Waals surface area contributed by atoms with Crippen LogP contribution < -0.4 is 5.32 Å². The number of hydrogen-bond acceptors (Lipinski definition) is 1. The fourth-order valence-electron chi connectivity index (χ4n) is 2.39. The van der Waals surface area contributed by atoms with Gasteiger partial charge in [0.25, 0.3) is 0 Å². The molecule has 0 aliphatic carbocycles. The van der Waals surface area contributed by atoms with Crippen molar-refractivity contribution in [1.29, 1.82) is 0 Å². The molecule has 0 aliphatic rings. The van der Waals surface area contributed by atoms with Crippen molar-refractivity contribution in [3.8, 4) is 0 Å². The van der Waals surface area contributed by atoms with Crippen molar-refractivity contribution < 1.29 is 8.78 Å². The summed E-state index contributed by atoms with van der Waals surface area (Å²) in [6.07, 6.45) is 0.867. The Morgan fingerprint density at radius 3 is 2.38 bits per heavy atom. The minimum Gasteiger partial charge on any atom is -0.306 e. The molecule has 1 N–H and O–H groups in total. The Balaban J connectivity index is 2.52. The van der Waals surface area contributed by atoms with Crippen molar-refractivity contribution in [2.45, 2.75) is 26.3 Å². The minimum atomic E-state index is -0.554. The summed E-state index contributed by atoms with van der Waals surface area (Å²) in [5.74, 6) is -1.11. The van der Waals surface area contributed by atoms with Crippen molar-refractivity contribution in [2.24, 2.45) is 0 Å². The van der Waals surface area contributed by atoms with Crippen molar-refractivity contribution in [2.75, 3.05) is 6.54 Å². The number of rotatable bonds is 5. The lowest BCUT2D eigenvalue weighted by Gasteiger charge is -2.21. The lowest BCUT2D eigenvalue weighted by Crippen LogP contribution is -2.25. The van der Waals surface area contributed by atoms with Crippen LogP contribution in [0.5, 0.6) is 0 Å². The quantitative estimate of drug-likeness (QED) is 0.818. The predicted molar refractivity (Wildman–Crippen MR) is 82.7 cm³/mol.